The fraction of sp³-hybridized carbons (Fsp3) is 0.667. The van der Waals surface area contributed by atoms with Crippen molar-refractivity contribution in [3.63, 3.8) is 0 Å². The van der Waals surface area contributed by atoms with Gasteiger partial charge < -0.3 is 15.0 Å². The summed E-state index contributed by atoms with van der Waals surface area (Å²) in [5.41, 5.74) is 1.25. The van der Waals surface area contributed by atoms with E-state index >= 15 is 0 Å². The second-order valence-electron chi connectivity index (χ2n) is 8.62. The molecule has 0 radical (unpaired) electrons. The maximum Gasteiger partial charge on any atom is 0.220 e. The first-order valence-electron chi connectivity index (χ1n) is 11.5. The van der Waals surface area contributed by atoms with E-state index in [2.05, 4.69) is 39.4 Å². The van der Waals surface area contributed by atoms with Crippen LogP contribution >= 0.6 is 0 Å². The molecule has 1 aromatic carbocycles. The van der Waals surface area contributed by atoms with Gasteiger partial charge in [0.05, 0.1) is 13.2 Å². The summed E-state index contributed by atoms with van der Waals surface area (Å²) in [6.45, 7) is 5.55. The lowest BCUT2D eigenvalue weighted by Crippen LogP contribution is -2.47. The Balaban J connectivity index is 1.30. The molecule has 1 heterocycles. The van der Waals surface area contributed by atoms with E-state index in [0.29, 0.717) is 25.3 Å². The summed E-state index contributed by atoms with van der Waals surface area (Å²) in [4.78, 5) is 17.0. The van der Waals surface area contributed by atoms with Crippen LogP contribution in [0.15, 0.2) is 24.3 Å². The molecule has 3 rings (SSSR count). The summed E-state index contributed by atoms with van der Waals surface area (Å²) in [6, 6.07) is 10.8. The Kier molecular flexibility index (Phi) is 8.82. The number of benzene rings is 1. The molecule has 2 fully saturated rings. The third kappa shape index (κ3) is 6.91. The van der Waals surface area contributed by atoms with Gasteiger partial charge in [-0.2, -0.15) is 5.26 Å². The Morgan fingerprint density at radius 2 is 1.97 bits per heavy atom. The number of amides is 1. The fourth-order valence-corrected chi connectivity index (χ4v) is 4.63. The lowest BCUT2D eigenvalue weighted by atomic mass is 9.84. The molecule has 1 N–H and O–H groups in total. The fourth-order valence-electron chi connectivity index (χ4n) is 4.63. The van der Waals surface area contributed by atoms with Gasteiger partial charge in [-0.05, 0) is 63.1 Å². The van der Waals surface area contributed by atoms with E-state index in [1.807, 2.05) is 6.07 Å². The summed E-state index contributed by atoms with van der Waals surface area (Å²) in [5.74, 6) is 1.82. The van der Waals surface area contributed by atoms with Gasteiger partial charge in [0, 0.05) is 56.8 Å². The number of hydrogen-bond donors (Lipinski definition) is 1. The number of piperazine rings is 1. The van der Waals surface area contributed by atoms with Crippen molar-refractivity contribution in [2.75, 3.05) is 44.7 Å². The quantitative estimate of drug-likeness (QED) is 0.628. The number of nitrogens with zero attached hydrogens (tertiary/aromatic N) is 3. The zero-order chi connectivity index (χ0) is 21.2. The van der Waals surface area contributed by atoms with Gasteiger partial charge in [-0.3, -0.25) is 9.69 Å². The maximum absolute atomic E-state index is 11.9. The number of carbonyl (C=O) groups is 1. The van der Waals surface area contributed by atoms with E-state index < -0.39 is 0 Å². The third-order valence-electron chi connectivity index (χ3n) is 6.55. The van der Waals surface area contributed by atoms with Crippen LogP contribution in [0, 0.1) is 17.2 Å². The van der Waals surface area contributed by atoms with Crippen molar-refractivity contribution in [3.8, 4) is 11.8 Å². The molecule has 0 aromatic heterocycles. The van der Waals surface area contributed by atoms with Crippen molar-refractivity contribution in [1.82, 2.24) is 10.2 Å². The van der Waals surface area contributed by atoms with Gasteiger partial charge in [0.15, 0.2) is 0 Å². The SMILES string of the molecule is COc1cccc(N2CCN(CCC3CCC(NC(=O)CCCC#N)CC3)CC2)c1. The van der Waals surface area contributed by atoms with Crippen LogP contribution in [0.4, 0.5) is 5.69 Å². The van der Waals surface area contributed by atoms with Crippen molar-refractivity contribution in [2.45, 2.75) is 57.4 Å². The summed E-state index contributed by atoms with van der Waals surface area (Å²) < 4.78 is 5.35. The summed E-state index contributed by atoms with van der Waals surface area (Å²) in [6.07, 6.45) is 7.50. The molecule has 0 atom stereocenters. The molecule has 1 aliphatic carbocycles. The summed E-state index contributed by atoms with van der Waals surface area (Å²) in [7, 11) is 1.72. The van der Waals surface area contributed by atoms with Crippen LogP contribution in [0.3, 0.4) is 0 Å². The number of rotatable bonds is 9. The van der Waals surface area contributed by atoms with Gasteiger partial charge in [0.2, 0.25) is 5.91 Å². The Morgan fingerprint density at radius 1 is 1.20 bits per heavy atom. The second-order valence-corrected chi connectivity index (χ2v) is 8.62. The first-order valence-corrected chi connectivity index (χ1v) is 11.5. The molecule has 6 nitrogen and oxygen atoms in total. The number of anilines is 1. The highest BCUT2D eigenvalue weighted by Gasteiger charge is 2.24. The lowest BCUT2D eigenvalue weighted by molar-refractivity contribution is -0.122. The van der Waals surface area contributed by atoms with E-state index in [1.54, 1.807) is 7.11 Å². The zero-order valence-corrected chi connectivity index (χ0v) is 18.3. The van der Waals surface area contributed by atoms with Gasteiger partial charge in [-0.15, -0.1) is 0 Å². The normalized spacial score (nSPS) is 22.3. The van der Waals surface area contributed by atoms with Crippen LogP contribution in [0.25, 0.3) is 0 Å². The maximum atomic E-state index is 11.9. The Hall–Kier alpha value is -2.26. The summed E-state index contributed by atoms with van der Waals surface area (Å²) in [5, 5.41) is 11.7. The third-order valence-corrected chi connectivity index (χ3v) is 6.55. The van der Waals surface area contributed by atoms with Crippen LogP contribution in [0.5, 0.6) is 5.75 Å². The molecule has 30 heavy (non-hydrogen) atoms. The Morgan fingerprint density at radius 3 is 2.67 bits per heavy atom. The molecule has 164 valence electrons. The average molecular weight is 413 g/mol. The van der Waals surface area contributed by atoms with Crippen LogP contribution in [-0.4, -0.2) is 56.7 Å². The minimum Gasteiger partial charge on any atom is -0.497 e. The van der Waals surface area contributed by atoms with Crippen molar-refractivity contribution >= 4 is 11.6 Å². The number of carbonyl (C=O) groups excluding carboxylic acids is 1. The molecule has 1 saturated heterocycles. The minimum absolute atomic E-state index is 0.114. The predicted octanol–water partition coefficient (Wildman–Crippen LogP) is 3.58. The molecule has 1 aromatic rings. The highest BCUT2D eigenvalue weighted by molar-refractivity contribution is 5.76. The molecule has 1 saturated carbocycles. The van der Waals surface area contributed by atoms with E-state index in [-0.39, 0.29) is 5.91 Å². The highest BCUT2D eigenvalue weighted by Crippen LogP contribution is 2.28. The predicted molar refractivity (Wildman–Crippen MR) is 120 cm³/mol. The van der Waals surface area contributed by atoms with Crippen LogP contribution in [0.2, 0.25) is 0 Å². The topological polar surface area (TPSA) is 68.6 Å². The van der Waals surface area contributed by atoms with Crippen LogP contribution < -0.4 is 15.0 Å². The van der Waals surface area contributed by atoms with Gasteiger partial charge in [-0.25, -0.2) is 0 Å². The van der Waals surface area contributed by atoms with Crippen molar-refractivity contribution < 1.29 is 9.53 Å². The molecule has 1 amide bonds. The van der Waals surface area contributed by atoms with Crippen LogP contribution in [0.1, 0.15) is 51.4 Å². The molecule has 0 unspecified atom stereocenters. The molecule has 2 aliphatic rings. The molecule has 1 aliphatic heterocycles. The number of ether oxygens (including phenoxy) is 1. The zero-order valence-electron chi connectivity index (χ0n) is 18.3. The minimum atomic E-state index is 0.114. The Labute approximate surface area is 181 Å². The number of methoxy groups -OCH3 is 1. The monoisotopic (exact) mass is 412 g/mol. The van der Waals surface area contributed by atoms with Crippen molar-refractivity contribution in [2.24, 2.45) is 5.92 Å². The molecule has 6 heteroatoms. The van der Waals surface area contributed by atoms with Gasteiger partial charge >= 0.3 is 0 Å². The first-order chi connectivity index (χ1) is 14.7. The van der Waals surface area contributed by atoms with E-state index in [9.17, 15) is 4.79 Å². The molecular weight excluding hydrogens is 376 g/mol. The smallest absolute Gasteiger partial charge is 0.220 e. The second kappa shape index (κ2) is 11.8. The van der Waals surface area contributed by atoms with E-state index in [1.165, 1.54) is 31.5 Å². The largest absolute Gasteiger partial charge is 0.497 e. The molecule has 0 bridgehead atoms. The molecule has 0 spiro atoms. The number of nitriles is 1. The number of unbranched alkanes of at least 4 members (excludes halogenated alkanes) is 1. The number of nitrogens with one attached hydrogen (secondary N) is 1. The average Bonchev–Trinajstić information content (AvgIpc) is 2.79. The van der Waals surface area contributed by atoms with Gasteiger partial charge in [0.1, 0.15) is 5.75 Å². The van der Waals surface area contributed by atoms with Crippen LogP contribution in [-0.2, 0) is 4.79 Å². The molecular formula is C24H36N4O2. The Bertz CT molecular complexity index is 701. The van der Waals surface area contributed by atoms with Gasteiger partial charge in [-0.1, -0.05) is 6.07 Å². The summed E-state index contributed by atoms with van der Waals surface area (Å²) >= 11 is 0. The van der Waals surface area contributed by atoms with Crippen molar-refractivity contribution in [1.29, 1.82) is 5.26 Å². The lowest BCUT2D eigenvalue weighted by Gasteiger charge is -2.37. The van der Waals surface area contributed by atoms with Crippen molar-refractivity contribution in [3.05, 3.63) is 24.3 Å². The van der Waals surface area contributed by atoms with E-state index in [0.717, 1.165) is 50.7 Å². The van der Waals surface area contributed by atoms with E-state index in [4.69, 9.17) is 10.00 Å². The van der Waals surface area contributed by atoms with Gasteiger partial charge in [0.25, 0.3) is 0 Å². The number of hydrogen-bond acceptors (Lipinski definition) is 5. The first kappa shape index (κ1) is 22.4. The highest BCUT2D eigenvalue weighted by atomic mass is 16.5. The standard InChI is InChI=1S/C24H36N4O2/c1-30-23-6-4-5-22(19-23)28-17-15-27(16-18-28)14-12-20-8-10-21(11-9-20)26-24(29)7-2-3-13-25/h4-6,19-21H,2-3,7-12,14-18H2,1H3,(H,26,29).